The second-order valence-corrected chi connectivity index (χ2v) is 5.93. The molecule has 0 aliphatic heterocycles. The molecule has 0 saturated heterocycles. The molecule has 0 saturated carbocycles. The lowest BCUT2D eigenvalue weighted by Gasteiger charge is -2.21. The average Bonchev–Trinajstić information content (AvgIpc) is 2.67. The SMILES string of the molecule is COc1ccccc1C(=O)NC(c1ccccc1)c1ccc(C)cc1. The smallest absolute Gasteiger partial charge is 0.255 e. The van der Waals surface area contributed by atoms with Gasteiger partial charge < -0.3 is 10.1 Å². The van der Waals surface area contributed by atoms with Gasteiger partial charge in [-0.15, -0.1) is 0 Å². The molecule has 3 aromatic rings. The molecular formula is C22H21NO2. The van der Waals surface area contributed by atoms with Crippen LogP contribution in [0.5, 0.6) is 5.75 Å². The quantitative estimate of drug-likeness (QED) is 0.746. The molecule has 0 fully saturated rings. The van der Waals surface area contributed by atoms with Crippen molar-refractivity contribution >= 4 is 5.91 Å². The Kier molecular flexibility index (Phi) is 5.14. The Morgan fingerprint density at radius 2 is 1.44 bits per heavy atom. The van der Waals surface area contributed by atoms with E-state index in [9.17, 15) is 4.79 Å². The van der Waals surface area contributed by atoms with E-state index in [0.29, 0.717) is 11.3 Å². The molecule has 1 N–H and O–H groups in total. The van der Waals surface area contributed by atoms with Crippen LogP contribution in [0.1, 0.15) is 33.1 Å². The van der Waals surface area contributed by atoms with E-state index in [1.54, 1.807) is 19.2 Å². The first-order chi connectivity index (χ1) is 12.2. The molecule has 1 unspecified atom stereocenters. The molecule has 0 bridgehead atoms. The Morgan fingerprint density at radius 3 is 2.12 bits per heavy atom. The number of amides is 1. The van der Waals surface area contributed by atoms with Crippen LogP contribution in [0.15, 0.2) is 78.9 Å². The third-order valence-electron chi connectivity index (χ3n) is 4.17. The van der Waals surface area contributed by atoms with Gasteiger partial charge in [-0.05, 0) is 30.2 Å². The third kappa shape index (κ3) is 3.89. The largest absolute Gasteiger partial charge is 0.496 e. The summed E-state index contributed by atoms with van der Waals surface area (Å²) in [6.07, 6.45) is 0. The summed E-state index contributed by atoms with van der Waals surface area (Å²) in [5.74, 6) is 0.405. The maximum atomic E-state index is 12.9. The summed E-state index contributed by atoms with van der Waals surface area (Å²) in [5, 5.41) is 3.14. The Bertz CT molecular complexity index is 841. The zero-order chi connectivity index (χ0) is 17.6. The summed E-state index contributed by atoms with van der Waals surface area (Å²) >= 11 is 0. The van der Waals surface area contributed by atoms with E-state index in [1.807, 2.05) is 42.5 Å². The number of hydrogen-bond donors (Lipinski definition) is 1. The fraction of sp³-hybridized carbons (Fsp3) is 0.136. The topological polar surface area (TPSA) is 38.3 Å². The fourth-order valence-corrected chi connectivity index (χ4v) is 2.80. The molecule has 0 spiro atoms. The minimum atomic E-state index is -0.223. The van der Waals surface area contributed by atoms with Gasteiger partial charge >= 0.3 is 0 Å². The number of carbonyl (C=O) groups is 1. The maximum absolute atomic E-state index is 12.9. The molecule has 1 amide bonds. The summed E-state index contributed by atoms with van der Waals surface area (Å²) in [5.41, 5.74) is 3.79. The minimum absolute atomic E-state index is 0.160. The van der Waals surface area contributed by atoms with Gasteiger partial charge in [-0.3, -0.25) is 4.79 Å². The van der Waals surface area contributed by atoms with Crippen LogP contribution in [-0.2, 0) is 0 Å². The number of rotatable bonds is 5. The first-order valence-corrected chi connectivity index (χ1v) is 8.24. The van der Waals surface area contributed by atoms with Gasteiger partial charge in [0, 0.05) is 0 Å². The van der Waals surface area contributed by atoms with E-state index in [1.165, 1.54) is 5.56 Å². The molecule has 25 heavy (non-hydrogen) atoms. The van der Waals surface area contributed by atoms with Crippen LogP contribution in [0.3, 0.4) is 0 Å². The van der Waals surface area contributed by atoms with Crippen molar-refractivity contribution in [2.24, 2.45) is 0 Å². The first-order valence-electron chi connectivity index (χ1n) is 8.24. The minimum Gasteiger partial charge on any atom is -0.496 e. The Morgan fingerprint density at radius 1 is 0.840 bits per heavy atom. The molecule has 0 aliphatic rings. The number of para-hydroxylation sites is 1. The highest BCUT2D eigenvalue weighted by Crippen LogP contribution is 2.24. The van der Waals surface area contributed by atoms with Crippen molar-refractivity contribution in [1.29, 1.82) is 0 Å². The maximum Gasteiger partial charge on any atom is 0.255 e. The van der Waals surface area contributed by atoms with E-state index in [0.717, 1.165) is 11.1 Å². The predicted octanol–water partition coefficient (Wildman–Crippen LogP) is 4.52. The van der Waals surface area contributed by atoms with E-state index in [-0.39, 0.29) is 11.9 Å². The second-order valence-electron chi connectivity index (χ2n) is 5.93. The van der Waals surface area contributed by atoms with Crippen molar-refractivity contribution < 1.29 is 9.53 Å². The van der Waals surface area contributed by atoms with E-state index >= 15 is 0 Å². The van der Waals surface area contributed by atoms with Crippen LogP contribution < -0.4 is 10.1 Å². The number of benzene rings is 3. The highest BCUT2D eigenvalue weighted by Gasteiger charge is 2.19. The molecule has 3 aromatic carbocycles. The van der Waals surface area contributed by atoms with Crippen LogP contribution in [0.25, 0.3) is 0 Å². The first kappa shape index (κ1) is 16.8. The van der Waals surface area contributed by atoms with E-state index in [2.05, 4.69) is 36.5 Å². The van der Waals surface area contributed by atoms with Crippen LogP contribution in [0.2, 0.25) is 0 Å². The Labute approximate surface area is 148 Å². The zero-order valence-electron chi connectivity index (χ0n) is 14.4. The van der Waals surface area contributed by atoms with Crippen molar-refractivity contribution in [1.82, 2.24) is 5.32 Å². The molecule has 126 valence electrons. The molecule has 3 rings (SSSR count). The summed E-state index contributed by atoms with van der Waals surface area (Å²) < 4.78 is 5.31. The van der Waals surface area contributed by atoms with Crippen molar-refractivity contribution in [2.45, 2.75) is 13.0 Å². The highest BCUT2D eigenvalue weighted by molar-refractivity contribution is 5.97. The number of carbonyl (C=O) groups excluding carboxylic acids is 1. The van der Waals surface area contributed by atoms with Gasteiger partial charge in [0.2, 0.25) is 0 Å². The van der Waals surface area contributed by atoms with E-state index in [4.69, 9.17) is 4.74 Å². The number of ether oxygens (including phenoxy) is 1. The highest BCUT2D eigenvalue weighted by atomic mass is 16.5. The Balaban J connectivity index is 1.95. The summed E-state index contributed by atoms with van der Waals surface area (Å²) in [6, 6.07) is 25.2. The van der Waals surface area contributed by atoms with Crippen molar-refractivity contribution in [2.75, 3.05) is 7.11 Å². The average molecular weight is 331 g/mol. The lowest BCUT2D eigenvalue weighted by Crippen LogP contribution is -2.29. The van der Waals surface area contributed by atoms with Gasteiger partial charge in [-0.1, -0.05) is 72.3 Å². The second kappa shape index (κ2) is 7.67. The zero-order valence-corrected chi connectivity index (χ0v) is 14.4. The lowest BCUT2D eigenvalue weighted by atomic mass is 9.97. The van der Waals surface area contributed by atoms with Gasteiger partial charge in [0.25, 0.3) is 5.91 Å². The van der Waals surface area contributed by atoms with Gasteiger partial charge in [-0.25, -0.2) is 0 Å². The lowest BCUT2D eigenvalue weighted by molar-refractivity contribution is 0.0940. The predicted molar refractivity (Wildman–Crippen MR) is 99.9 cm³/mol. The number of aryl methyl sites for hydroxylation is 1. The molecule has 1 atom stereocenters. The number of nitrogens with one attached hydrogen (secondary N) is 1. The molecule has 3 heteroatoms. The van der Waals surface area contributed by atoms with Gasteiger partial charge in [-0.2, -0.15) is 0 Å². The number of methoxy groups -OCH3 is 1. The molecule has 0 aliphatic carbocycles. The fourth-order valence-electron chi connectivity index (χ4n) is 2.80. The van der Waals surface area contributed by atoms with Gasteiger partial charge in [0.15, 0.2) is 0 Å². The van der Waals surface area contributed by atoms with Crippen molar-refractivity contribution in [3.63, 3.8) is 0 Å². The van der Waals surface area contributed by atoms with Gasteiger partial charge in [0.1, 0.15) is 5.75 Å². The Hall–Kier alpha value is -3.07. The molecular weight excluding hydrogens is 310 g/mol. The van der Waals surface area contributed by atoms with Crippen LogP contribution in [-0.4, -0.2) is 13.0 Å². The molecule has 0 aromatic heterocycles. The summed E-state index contributed by atoms with van der Waals surface area (Å²) in [7, 11) is 1.57. The molecule has 0 heterocycles. The van der Waals surface area contributed by atoms with Gasteiger partial charge in [0.05, 0.1) is 18.7 Å². The summed E-state index contributed by atoms with van der Waals surface area (Å²) in [6.45, 7) is 2.05. The van der Waals surface area contributed by atoms with Crippen LogP contribution in [0, 0.1) is 6.92 Å². The third-order valence-corrected chi connectivity index (χ3v) is 4.17. The monoisotopic (exact) mass is 331 g/mol. The summed E-state index contributed by atoms with van der Waals surface area (Å²) in [4.78, 5) is 12.9. The number of hydrogen-bond acceptors (Lipinski definition) is 2. The van der Waals surface area contributed by atoms with Crippen LogP contribution >= 0.6 is 0 Å². The van der Waals surface area contributed by atoms with Crippen molar-refractivity contribution in [3.8, 4) is 5.75 Å². The molecule has 3 nitrogen and oxygen atoms in total. The van der Waals surface area contributed by atoms with E-state index < -0.39 is 0 Å². The normalized spacial score (nSPS) is 11.6. The standard InChI is InChI=1S/C22H21NO2/c1-16-12-14-18(15-13-16)21(17-8-4-3-5-9-17)23-22(24)19-10-6-7-11-20(19)25-2/h3-15,21H,1-2H3,(H,23,24). The van der Waals surface area contributed by atoms with Crippen LogP contribution in [0.4, 0.5) is 0 Å². The van der Waals surface area contributed by atoms with Crippen molar-refractivity contribution in [3.05, 3.63) is 101 Å². The molecule has 0 radical (unpaired) electrons.